The Morgan fingerprint density at radius 2 is 2.29 bits per heavy atom. The number of esters is 1. The smallest absolute Gasteiger partial charge is 0.305 e. The van der Waals surface area contributed by atoms with Gasteiger partial charge in [0, 0.05) is 18.8 Å². The van der Waals surface area contributed by atoms with Crippen molar-refractivity contribution in [3.8, 4) is 0 Å². The lowest BCUT2D eigenvalue weighted by Crippen LogP contribution is -2.18. The fourth-order valence-corrected chi connectivity index (χ4v) is 2.23. The lowest BCUT2D eigenvalue weighted by Gasteiger charge is -2.15. The van der Waals surface area contributed by atoms with Gasteiger partial charge in [-0.25, -0.2) is 0 Å². The topological polar surface area (TPSA) is 43.4 Å². The van der Waals surface area contributed by atoms with Crippen LogP contribution in [-0.2, 0) is 14.3 Å². The highest BCUT2D eigenvalue weighted by molar-refractivity contribution is 5.84. The number of ether oxygens (including phenoxy) is 1. The van der Waals surface area contributed by atoms with E-state index in [-0.39, 0.29) is 17.8 Å². The molecule has 2 atom stereocenters. The first-order chi connectivity index (χ1) is 6.69. The number of hydrogen-bond acceptors (Lipinski definition) is 3. The summed E-state index contributed by atoms with van der Waals surface area (Å²) in [4.78, 5) is 22.6. The van der Waals surface area contributed by atoms with E-state index < -0.39 is 0 Å². The molecule has 1 aliphatic carbocycles. The van der Waals surface area contributed by atoms with Gasteiger partial charge in [0.05, 0.1) is 7.11 Å². The minimum absolute atomic E-state index is 0.110. The van der Waals surface area contributed by atoms with Crippen molar-refractivity contribution < 1.29 is 14.3 Å². The highest BCUT2D eigenvalue weighted by Gasteiger charge is 2.34. The summed E-state index contributed by atoms with van der Waals surface area (Å²) < 4.78 is 4.62. The molecule has 0 aromatic rings. The van der Waals surface area contributed by atoms with E-state index in [1.807, 2.05) is 0 Å². The van der Waals surface area contributed by atoms with Crippen molar-refractivity contribution in [1.82, 2.24) is 0 Å². The van der Waals surface area contributed by atoms with E-state index in [0.29, 0.717) is 18.6 Å². The number of Topliss-reactive ketones (excluding diaryl/α,β-unsaturated/α-hetero) is 1. The average molecular weight is 198 g/mol. The van der Waals surface area contributed by atoms with Gasteiger partial charge < -0.3 is 4.74 Å². The zero-order valence-corrected chi connectivity index (χ0v) is 8.91. The highest BCUT2D eigenvalue weighted by atomic mass is 16.5. The Bertz CT molecular complexity index is 223. The third-order valence-electron chi connectivity index (χ3n) is 3.00. The molecule has 0 spiro atoms. The molecule has 1 aliphatic rings. The molecule has 3 heteroatoms. The maximum Gasteiger partial charge on any atom is 0.305 e. The van der Waals surface area contributed by atoms with E-state index in [1.54, 1.807) is 0 Å². The molecule has 14 heavy (non-hydrogen) atoms. The van der Waals surface area contributed by atoms with Crippen molar-refractivity contribution in [2.45, 2.75) is 39.0 Å². The first kappa shape index (κ1) is 11.2. The molecule has 0 radical (unpaired) electrons. The van der Waals surface area contributed by atoms with Crippen molar-refractivity contribution in [1.29, 1.82) is 0 Å². The van der Waals surface area contributed by atoms with Crippen LogP contribution < -0.4 is 0 Å². The highest BCUT2D eigenvalue weighted by Crippen LogP contribution is 2.34. The normalized spacial score (nSPS) is 26.6. The number of carbonyl (C=O) groups is 2. The second-order valence-corrected chi connectivity index (χ2v) is 3.94. The van der Waals surface area contributed by atoms with Gasteiger partial charge >= 0.3 is 5.97 Å². The van der Waals surface area contributed by atoms with Crippen molar-refractivity contribution in [3.05, 3.63) is 0 Å². The molecule has 0 aromatic heterocycles. The maximum atomic E-state index is 11.5. The minimum Gasteiger partial charge on any atom is -0.469 e. The molecule has 1 saturated carbocycles. The van der Waals surface area contributed by atoms with Gasteiger partial charge in [-0.2, -0.15) is 0 Å². The van der Waals surface area contributed by atoms with Crippen LogP contribution in [0.1, 0.15) is 39.0 Å². The summed E-state index contributed by atoms with van der Waals surface area (Å²) in [7, 11) is 1.40. The summed E-state index contributed by atoms with van der Waals surface area (Å²) in [5, 5.41) is 0. The fraction of sp³-hybridized carbons (Fsp3) is 0.818. The molecule has 80 valence electrons. The van der Waals surface area contributed by atoms with Gasteiger partial charge in [-0.3, -0.25) is 9.59 Å². The van der Waals surface area contributed by atoms with Crippen LogP contribution in [0.2, 0.25) is 0 Å². The van der Waals surface area contributed by atoms with Crippen LogP contribution in [0.25, 0.3) is 0 Å². The molecule has 0 aromatic carbocycles. The average Bonchev–Trinajstić information content (AvgIpc) is 2.50. The summed E-state index contributed by atoms with van der Waals surface area (Å²) in [5.41, 5.74) is 0. The largest absolute Gasteiger partial charge is 0.469 e. The number of ketones is 1. The van der Waals surface area contributed by atoms with E-state index in [1.165, 1.54) is 7.11 Å². The fourth-order valence-electron chi connectivity index (χ4n) is 2.23. The van der Waals surface area contributed by atoms with Gasteiger partial charge in [-0.15, -0.1) is 0 Å². The third kappa shape index (κ3) is 2.56. The van der Waals surface area contributed by atoms with E-state index in [9.17, 15) is 9.59 Å². The zero-order chi connectivity index (χ0) is 10.6. The SMILES string of the molecule is CCCC1C(=O)CCC1CC(=O)OC. The monoisotopic (exact) mass is 198 g/mol. The minimum atomic E-state index is -0.189. The summed E-state index contributed by atoms with van der Waals surface area (Å²) >= 11 is 0. The van der Waals surface area contributed by atoms with Crippen molar-refractivity contribution in [2.75, 3.05) is 7.11 Å². The maximum absolute atomic E-state index is 11.5. The molecule has 1 rings (SSSR count). The third-order valence-corrected chi connectivity index (χ3v) is 3.00. The van der Waals surface area contributed by atoms with E-state index >= 15 is 0 Å². The van der Waals surface area contributed by atoms with Gasteiger partial charge in [0.2, 0.25) is 0 Å². The van der Waals surface area contributed by atoms with E-state index in [4.69, 9.17) is 0 Å². The van der Waals surface area contributed by atoms with Gasteiger partial charge in [0.25, 0.3) is 0 Å². The summed E-state index contributed by atoms with van der Waals surface area (Å²) in [6, 6.07) is 0. The number of methoxy groups -OCH3 is 1. The van der Waals surface area contributed by atoms with Crippen LogP contribution >= 0.6 is 0 Å². The first-order valence-corrected chi connectivity index (χ1v) is 5.28. The van der Waals surface area contributed by atoms with Crippen molar-refractivity contribution >= 4 is 11.8 Å². The molecule has 0 saturated heterocycles. The van der Waals surface area contributed by atoms with Gasteiger partial charge in [-0.05, 0) is 18.8 Å². The number of carbonyl (C=O) groups excluding carboxylic acids is 2. The lowest BCUT2D eigenvalue weighted by molar-refractivity contribution is -0.142. The van der Waals surface area contributed by atoms with E-state index in [2.05, 4.69) is 11.7 Å². The Labute approximate surface area is 84.8 Å². The Kier molecular flexibility index (Phi) is 4.11. The van der Waals surface area contributed by atoms with Gasteiger partial charge in [-0.1, -0.05) is 13.3 Å². The van der Waals surface area contributed by atoms with Gasteiger partial charge in [0.1, 0.15) is 5.78 Å². The van der Waals surface area contributed by atoms with Gasteiger partial charge in [0.15, 0.2) is 0 Å². The first-order valence-electron chi connectivity index (χ1n) is 5.28. The van der Waals surface area contributed by atoms with Crippen LogP contribution in [0.5, 0.6) is 0 Å². The standard InChI is InChI=1S/C11H18O3/c1-3-4-9-8(5-6-10(9)12)7-11(13)14-2/h8-9H,3-7H2,1-2H3. The molecule has 0 bridgehead atoms. The van der Waals surface area contributed by atoms with Crippen LogP contribution in [-0.4, -0.2) is 18.9 Å². The lowest BCUT2D eigenvalue weighted by atomic mass is 9.89. The zero-order valence-electron chi connectivity index (χ0n) is 8.91. The summed E-state index contributed by atoms with van der Waals surface area (Å²) in [5.74, 6) is 0.487. The number of hydrogen-bond donors (Lipinski definition) is 0. The predicted molar refractivity (Wildman–Crippen MR) is 52.8 cm³/mol. The molecule has 1 fully saturated rings. The van der Waals surface area contributed by atoms with Crippen molar-refractivity contribution in [2.24, 2.45) is 11.8 Å². The van der Waals surface area contributed by atoms with Crippen LogP contribution in [0, 0.1) is 11.8 Å². The van der Waals surface area contributed by atoms with Crippen molar-refractivity contribution in [3.63, 3.8) is 0 Å². The van der Waals surface area contributed by atoms with Crippen LogP contribution in [0.3, 0.4) is 0 Å². The second-order valence-electron chi connectivity index (χ2n) is 3.94. The predicted octanol–water partition coefficient (Wildman–Crippen LogP) is 1.94. The molecule has 2 unspecified atom stereocenters. The Morgan fingerprint density at radius 1 is 1.57 bits per heavy atom. The Hall–Kier alpha value is -0.860. The molecule has 0 aliphatic heterocycles. The van der Waals surface area contributed by atoms with E-state index in [0.717, 1.165) is 19.3 Å². The summed E-state index contributed by atoms with van der Waals surface area (Å²) in [6.45, 7) is 2.07. The Morgan fingerprint density at radius 3 is 2.86 bits per heavy atom. The number of rotatable bonds is 4. The molecular weight excluding hydrogens is 180 g/mol. The molecule has 3 nitrogen and oxygen atoms in total. The summed E-state index contributed by atoms with van der Waals surface area (Å²) in [6.07, 6.45) is 3.84. The second kappa shape index (κ2) is 5.13. The molecule has 0 amide bonds. The molecular formula is C11H18O3. The molecule has 0 N–H and O–H groups in total. The molecule has 0 heterocycles. The van der Waals surface area contributed by atoms with Crippen LogP contribution in [0.4, 0.5) is 0 Å². The quantitative estimate of drug-likeness (QED) is 0.648. The van der Waals surface area contributed by atoms with Crippen LogP contribution in [0.15, 0.2) is 0 Å². The Balaban J connectivity index is 2.51.